The average molecular weight is 299 g/mol. The summed E-state index contributed by atoms with van der Waals surface area (Å²) >= 11 is 0. The maximum atomic E-state index is 12.0. The molecule has 2 nitrogen and oxygen atoms in total. The van der Waals surface area contributed by atoms with E-state index in [0.29, 0.717) is 11.5 Å². The summed E-state index contributed by atoms with van der Waals surface area (Å²) in [6.45, 7) is 7.57. The molecule has 1 N–H and O–H groups in total. The van der Waals surface area contributed by atoms with Crippen molar-refractivity contribution in [1.29, 1.82) is 0 Å². The Bertz CT molecular complexity index is 483. The minimum absolute atomic E-state index is 0.0182. The van der Waals surface area contributed by atoms with Gasteiger partial charge in [-0.15, -0.1) is 6.42 Å². The first-order valence-electron chi connectivity index (χ1n) is 8.41. The van der Waals surface area contributed by atoms with E-state index in [1.54, 1.807) is 24.3 Å². The highest BCUT2D eigenvalue weighted by molar-refractivity contribution is 5.94. The molecule has 0 radical (unpaired) electrons. The summed E-state index contributed by atoms with van der Waals surface area (Å²) in [4.78, 5) is 12.0. The zero-order valence-electron chi connectivity index (χ0n) is 14.2. The number of terminal acetylenes is 1. The van der Waals surface area contributed by atoms with Crippen LogP contribution in [0.4, 0.5) is 0 Å². The van der Waals surface area contributed by atoms with Crippen LogP contribution < -0.4 is 5.32 Å². The molecule has 0 aliphatic rings. The van der Waals surface area contributed by atoms with Crippen LogP contribution in [0.15, 0.2) is 24.3 Å². The lowest BCUT2D eigenvalue weighted by Crippen LogP contribution is -2.25. The summed E-state index contributed by atoms with van der Waals surface area (Å²) in [5.41, 5.74) is 1.47. The van der Waals surface area contributed by atoms with E-state index in [0.717, 1.165) is 24.4 Å². The molecular formula is C20H29NO. The molecule has 1 aromatic carbocycles. The zero-order valence-corrected chi connectivity index (χ0v) is 14.2. The van der Waals surface area contributed by atoms with Crippen molar-refractivity contribution in [1.82, 2.24) is 5.32 Å². The molecule has 1 aromatic rings. The summed E-state index contributed by atoms with van der Waals surface area (Å²) in [5.74, 6) is 4.02. The van der Waals surface area contributed by atoms with Crippen LogP contribution in [0.25, 0.3) is 0 Å². The van der Waals surface area contributed by atoms with Crippen LogP contribution in [0.2, 0.25) is 0 Å². The molecule has 0 saturated carbocycles. The number of carbonyl (C=O) groups excluding carboxylic acids is 1. The van der Waals surface area contributed by atoms with Crippen LogP contribution >= 0.6 is 0 Å². The average Bonchev–Trinajstić information content (AvgIpc) is 2.54. The van der Waals surface area contributed by atoms with Crippen molar-refractivity contribution in [3.63, 3.8) is 0 Å². The van der Waals surface area contributed by atoms with Crippen molar-refractivity contribution in [2.24, 2.45) is 11.8 Å². The number of rotatable bonds is 9. The topological polar surface area (TPSA) is 29.1 Å². The molecule has 0 spiro atoms. The van der Waals surface area contributed by atoms with Gasteiger partial charge in [0.25, 0.3) is 5.91 Å². The van der Waals surface area contributed by atoms with Crippen molar-refractivity contribution in [2.75, 3.05) is 6.54 Å². The number of hydrogen-bond acceptors (Lipinski definition) is 1. The second kappa shape index (κ2) is 10.1. The summed E-state index contributed by atoms with van der Waals surface area (Å²) in [7, 11) is 0. The molecule has 22 heavy (non-hydrogen) atoms. The van der Waals surface area contributed by atoms with Crippen LogP contribution in [0.5, 0.6) is 0 Å². The van der Waals surface area contributed by atoms with Crippen molar-refractivity contribution in [3.05, 3.63) is 35.4 Å². The first kappa shape index (κ1) is 18.3. The fourth-order valence-electron chi connectivity index (χ4n) is 2.42. The Morgan fingerprint density at radius 2 is 1.77 bits per heavy atom. The molecule has 2 unspecified atom stereocenters. The van der Waals surface area contributed by atoms with Crippen molar-refractivity contribution >= 4 is 5.91 Å². The second-order valence-electron chi connectivity index (χ2n) is 6.32. The number of hydrogen-bond donors (Lipinski definition) is 1. The fraction of sp³-hybridized carbons (Fsp3) is 0.550. The second-order valence-corrected chi connectivity index (χ2v) is 6.32. The molecule has 2 atom stereocenters. The van der Waals surface area contributed by atoms with E-state index in [4.69, 9.17) is 6.42 Å². The van der Waals surface area contributed by atoms with Gasteiger partial charge in [-0.05, 0) is 42.5 Å². The number of carbonyl (C=O) groups is 1. The Morgan fingerprint density at radius 3 is 2.36 bits per heavy atom. The lowest BCUT2D eigenvalue weighted by Gasteiger charge is -2.13. The van der Waals surface area contributed by atoms with Gasteiger partial charge in [-0.3, -0.25) is 4.79 Å². The highest BCUT2D eigenvalue weighted by Gasteiger charge is 2.07. The summed E-state index contributed by atoms with van der Waals surface area (Å²) < 4.78 is 0. The Labute approximate surface area is 135 Å². The zero-order chi connectivity index (χ0) is 16.4. The normalized spacial score (nSPS) is 13.2. The van der Waals surface area contributed by atoms with Gasteiger partial charge in [0.2, 0.25) is 0 Å². The smallest absolute Gasteiger partial charge is 0.251 e. The van der Waals surface area contributed by atoms with Crippen molar-refractivity contribution in [3.8, 4) is 12.3 Å². The predicted octanol–water partition coefficient (Wildman–Crippen LogP) is 4.64. The van der Waals surface area contributed by atoms with Crippen molar-refractivity contribution in [2.45, 2.75) is 52.9 Å². The molecule has 2 heteroatoms. The van der Waals surface area contributed by atoms with Crippen LogP contribution in [-0.2, 0) is 0 Å². The van der Waals surface area contributed by atoms with Gasteiger partial charge in [-0.1, -0.05) is 52.4 Å². The molecule has 1 rings (SSSR count). The van der Waals surface area contributed by atoms with E-state index in [-0.39, 0.29) is 5.91 Å². The standard InChI is InChI=1S/C20H29NO/c1-5-16(3)8-7-9-17(4)14-15-21-20(22)19-12-10-18(6-2)11-13-19/h2,10-13,16-17H,5,7-9,14-15H2,1,3-4H3,(H,21,22). The molecule has 0 aliphatic heterocycles. The van der Waals surface area contributed by atoms with E-state index >= 15 is 0 Å². The van der Waals surface area contributed by atoms with Gasteiger partial charge in [0.1, 0.15) is 0 Å². The van der Waals surface area contributed by atoms with Gasteiger partial charge in [-0.25, -0.2) is 0 Å². The Hall–Kier alpha value is -1.75. The number of nitrogens with one attached hydrogen (secondary N) is 1. The minimum Gasteiger partial charge on any atom is -0.352 e. The van der Waals surface area contributed by atoms with Gasteiger partial charge >= 0.3 is 0 Å². The highest BCUT2D eigenvalue weighted by atomic mass is 16.1. The lowest BCUT2D eigenvalue weighted by atomic mass is 9.95. The third-order valence-corrected chi connectivity index (χ3v) is 4.33. The van der Waals surface area contributed by atoms with E-state index in [1.165, 1.54) is 25.7 Å². The summed E-state index contributed by atoms with van der Waals surface area (Å²) in [6.07, 6.45) is 11.5. The minimum atomic E-state index is -0.0182. The van der Waals surface area contributed by atoms with E-state index in [9.17, 15) is 4.79 Å². The van der Waals surface area contributed by atoms with Crippen LogP contribution in [0, 0.1) is 24.2 Å². The highest BCUT2D eigenvalue weighted by Crippen LogP contribution is 2.16. The van der Waals surface area contributed by atoms with Crippen molar-refractivity contribution < 1.29 is 4.79 Å². The van der Waals surface area contributed by atoms with Crippen LogP contribution in [0.1, 0.15) is 68.8 Å². The molecule has 0 fully saturated rings. The Kier molecular flexibility index (Phi) is 8.36. The van der Waals surface area contributed by atoms with Gasteiger partial charge in [-0.2, -0.15) is 0 Å². The molecule has 0 heterocycles. The third kappa shape index (κ3) is 6.80. The van der Waals surface area contributed by atoms with Gasteiger partial charge < -0.3 is 5.32 Å². The molecular weight excluding hydrogens is 270 g/mol. The quantitative estimate of drug-likeness (QED) is 0.661. The maximum absolute atomic E-state index is 12.0. The fourth-order valence-corrected chi connectivity index (χ4v) is 2.42. The Morgan fingerprint density at radius 1 is 1.14 bits per heavy atom. The van der Waals surface area contributed by atoms with Gasteiger partial charge in [0, 0.05) is 17.7 Å². The molecule has 0 saturated heterocycles. The number of amides is 1. The van der Waals surface area contributed by atoms with Gasteiger partial charge in [0.15, 0.2) is 0 Å². The monoisotopic (exact) mass is 299 g/mol. The molecule has 0 aliphatic carbocycles. The Balaban J connectivity index is 2.22. The first-order chi connectivity index (χ1) is 10.6. The van der Waals surface area contributed by atoms with E-state index < -0.39 is 0 Å². The number of benzene rings is 1. The largest absolute Gasteiger partial charge is 0.352 e. The maximum Gasteiger partial charge on any atom is 0.251 e. The summed E-state index contributed by atoms with van der Waals surface area (Å²) in [6, 6.07) is 7.15. The SMILES string of the molecule is C#Cc1ccc(C(=O)NCCC(C)CCCC(C)CC)cc1. The third-order valence-electron chi connectivity index (χ3n) is 4.33. The molecule has 0 aromatic heterocycles. The molecule has 120 valence electrons. The van der Waals surface area contributed by atoms with E-state index in [2.05, 4.69) is 32.0 Å². The predicted molar refractivity (Wildman–Crippen MR) is 93.8 cm³/mol. The lowest BCUT2D eigenvalue weighted by molar-refractivity contribution is 0.0951. The van der Waals surface area contributed by atoms with Gasteiger partial charge in [0.05, 0.1) is 0 Å². The van der Waals surface area contributed by atoms with Crippen LogP contribution in [-0.4, -0.2) is 12.5 Å². The van der Waals surface area contributed by atoms with E-state index in [1.807, 2.05) is 0 Å². The van der Waals surface area contributed by atoms with Crippen LogP contribution in [0.3, 0.4) is 0 Å². The first-order valence-corrected chi connectivity index (χ1v) is 8.41. The molecule has 1 amide bonds. The summed E-state index contributed by atoms with van der Waals surface area (Å²) in [5, 5.41) is 2.99. The molecule has 0 bridgehead atoms.